The van der Waals surface area contributed by atoms with E-state index >= 15 is 0 Å². The molecule has 0 saturated carbocycles. The molecule has 1 aromatic carbocycles. The highest BCUT2D eigenvalue weighted by molar-refractivity contribution is 6.33. The molecule has 0 N–H and O–H groups in total. The number of fused-ring (bicyclic) bond motifs is 1. The van der Waals surface area contributed by atoms with E-state index in [0.717, 1.165) is 17.3 Å². The van der Waals surface area contributed by atoms with Crippen molar-refractivity contribution >= 4 is 22.8 Å². The second-order valence-corrected chi connectivity index (χ2v) is 4.62. The van der Waals surface area contributed by atoms with Crippen molar-refractivity contribution < 1.29 is 4.74 Å². The van der Waals surface area contributed by atoms with Crippen LogP contribution in [0.1, 0.15) is 12.7 Å². The summed E-state index contributed by atoms with van der Waals surface area (Å²) < 4.78 is 7.46. The molecule has 20 heavy (non-hydrogen) atoms. The minimum atomic E-state index is 0.386. The fourth-order valence-electron chi connectivity index (χ4n) is 2.18. The first-order valence-corrected chi connectivity index (χ1v) is 6.67. The Balaban J connectivity index is 2.24. The van der Waals surface area contributed by atoms with Gasteiger partial charge in [0.15, 0.2) is 10.8 Å². The maximum Gasteiger partial charge on any atom is 0.182 e. The summed E-state index contributed by atoms with van der Waals surface area (Å²) in [6.45, 7) is 4.48. The SMILES string of the molecule is CCOc1cccc(-n2c(C)nc3ncnc(Cl)c32)c1. The number of aryl methyl sites for hydroxylation is 1. The molecule has 0 saturated heterocycles. The molecule has 0 aliphatic rings. The summed E-state index contributed by atoms with van der Waals surface area (Å²) in [7, 11) is 0. The molecular formula is C14H13ClN4O. The van der Waals surface area contributed by atoms with Crippen LogP contribution in [0.4, 0.5) is 0 Å². The van der Waals surface area contributed by atoms with Crippen LogP contribution >= 0.6 is 11.6 Å². The molecule has 3 aromatic rings. The maximum absolute atomic E-state index is 6.18. The quantitative estimate of drug-likeness (QED) is 0.695. The van der Waals surface area contributed by atoms with Crippen molar-refractivity contribution in [3.05, 3.63) is 41.6 Å². The zero-order chi connectivity index (χ0) is 14.1. The van der Waals surface area contributed by atoms with Crippen molar-refractivity contribution in [1.29, 1.82) is 0 Å². The molecule has 2 heterocycles. The Labute approximate surface area is 121 Å². The smallest absolute Gasteiger partial charge is 0.182 e. The van der Waals surface area contributed by atoms with Crippen molar-refractivity contribution in [2.24, 2.45) is 0 Å². The Kier molecular flexibility index (Phi) is 3.28. The molecule has 0 amide bonds. The Morgan fingerprint density at radius 1 is 1.30 bits per heavy atom. The number of ether oxygens (including phenoxy) is 1. The summed E-state index contributed by atoms with van der Waals surface area (Å²) in [5.74, 6) is 1.61. The van der Waals surface area contributed by atoms with Crippen LogP contribution in [0.15, 0.2) is 30.6 Å². The van der Waals surface area contributed by atoms with Crippen LogP contribution in [0.2, 0.25) is 5.15 Å². The number of halogens is 1. The molecular weight excluding hydrogens is 276 g/mol. The van der Waals surface area contributed by atoms with Gasteiger partial charge in [0.1, 0.15) is 23.4 Å². The minimum Gasteiger partial charge on any atom is -0.494 e. The van der Waals surface area contributed by atoms with E-state index in [2.05, 4.69) is 15.0 Å². The van der Waals surface area contributed by atoms with Gasteiger partial charge in [0.2, 0.25) is 0 Å². The topological polar surface area (TPSA) is 52.8 Å². The Hall–Kier alpha value is -2.14. The number of hydrogen-bond donors (Lipinski definition) is 0. The Morgan fingerprint density at radius 2 is 2.15 bits per heavy atom. The fraction of sp³-hybridized carbons (Fsp3) is 0.214. The number of aromatic nitrogens is 4. The van der Waals surface area contributed by atoms with Crippen molar-refractivity contribution in [2.45, 2.75) is 13.8 Å². The van der Waals surface area contributed by atoms with Gasteiger partial charge in [-0.25, -0.2) is 15.0 Å². The number of hydrogen-bond acceptors (Lipinski definition) is 4. The molecule has 0 bridgehead atoms. The number of imidazole rings is 1. The van der Waals surface area contributed by atoms with Gasteiger partial charge in [-0.1, -0.05) is 17.7 Å². The highest BCUT2D eigenvalue weighted by Gasteiger charge is 2.14. The lowest BCUT2D eigenvalue weighted by atomic mass is 10.3. The molecule has 2 aromatic heterocycles. The molecule has 5 nitrogen and oxygen atoms in total. The third-order valence-electron chi connectivity index (χ3n) is 2.96. The first-order valence-electron chi connectivity index (χ1n) is 6.29. The van der Waals surface area contributed by atoms with Crippen molar-refractivity contribution in [3.8, 4) is 11.4 Å². The van der Waals surface area contributed by atoms with E-state index in [0.29, 0.717) is 22.9 Å². The van der Waals surface area contributed by atoms with Crippen LogP contribution in [-0.2, 0) is 0 Å². The van der Waals surface area contributed by atoms with Crippen molar-refractivity contribution in [1.82, 2.24) is 19.5 Å². The van der Waals surface area contributed by atoms with E-state index in [9.17, 15) is 0 Å². The van der Waals surface area contributed by atoms with E-state index in [1.165, 1.54) is 6.33 Å². The van der Waals surface area contributed by atoms with Crippen LogP contribution < -0.4 is 4.74 Å². The third kappa shape index (κ3) is 2.10. The molecule has 6 heteroatoms. The summed E-state index contributed by atoms with van der Waals surface area (Å²) in [6, 6.07) is 7.77. The largest absolute Gasteiger partial charge is 0.494 e. The van der Waals surface area contributed by atoms with Gasteiger partial charge in [-0.3, -0.25) is 4.57 Å². The highest BCUT2D eigenvalue weighted by atomic mass is 35.5. The van der Waals surface area contributed by atoms with Gasteiger partial charge in [0.05, 0.1) is 12.3 Å². The van der Waals surface area contributed by atoms with Gasteiger partial charge in [0.25, 0.3) is 0 Å². The molecule has 102 valence electrons. The molecule has 0 spiro atoms. The number of nitrogens with zero attached hydrogens (tertiary/aromatic N) is 4. The monoisotopic (exact) mass is 288 g/mol. The van der Waals surface area contributed by atoms with Gasteiger partial charge in [-0.15, -0.1) is 0 Å². The highest BCUT2D eigenvalue weighted by Crippen LogP contribution is 2.26. The predicted octanol–water partition coefficient (Wildman–Crippen LogP) is 3.18. The first kappa shape index (κ1) is 12.9. The van der Waals surface area contributed by atoms with Crippen molar-refractivity contribution in [2.75, 3.05) is 6.61 Å². The molecule has 3 rings (SSSR count). The lowest BCUT2D eigenvalue weighted by Gasteiger charge is -2.09. The predicted molar refractivity (Wildman–Crippen MR) is 77.6 cm³/mol. The summed E-state index contributed by atoms with van der Waals surface area (Å²) in [5, 5.41) is 0.386. The standard InChI is InChI=1S/C14H13ClN4O/c1-3-20-11-6-4-5-10(7-11)19-9(2)18-14-12(19)13(15)16-8-17-14/h4-8H,3H2,1-2H3. The molecule has 0 aliphatic heterocycles. The average Bonchev–Trinajstić information content (AvgIpc) is 2.77. The van der Waals surface area contributed by atoms with E-state index in [4.69, 9.17) is 16.3 Å². The molecule has 0 atom stereocenters. The van der Waals surface area contributed by atoms with Gasteiger partial charge < -0.3 is 4.74 Å². The average molecular weight is 289 g/mol. The number of rotatable bonds is 3. The fourth-order valence-corrected chi connectivity index (χ4v) is 2.40. The van der Waals surface area contributed by atoms with Gasteiger partial charge in [-0.2, -0.15) is 0 Å². The van der Waals surface area contributed by atoms with E-state index < -0.39 is 0 Å². The molecule has 0 aliphatic carbocycles. The summed E-state index contributed by atoms with van der Waals surface area (Å²) >= 11 is 6.18. The van der Waals surface area contributed by atoms with Gasteiger partial charge in [-0.05, 0) is 26.0 Å². The Bertz CT molecular complexity index is 769. The molecule has 0 radical (unpaired) electrons. The van der Waals surface area contributed by atoms with E-state index in [1.807, 2.05) is 42.7 Å². The van der Waals surface area contributed by atoms with Crippen molar-refractivity contribution in [3.63, 3.8) is 0 Å². The molecule has 0 fully saturated rings. The van der Waals surface area contributed by atoms with Gasteiger partial charge >= 0.3 is 0 Å². The zero-order valence-corrected chi connectivity index (χ0v) is 11.9. The Morgan fingerprint density at radius 3 is 2.95 bits per heavy atom. The van der Waals surface area contributed by atoms with Crippen LogP contribution in [0.5, 0.6) is 5.75 Å². The lowest BCUT2D eigenvalue weighted by Crippen LogP contribution is -1.99. The summed E-state index contributed by atoms with van der Waals surface area (Å²) in [5.41, 5.74) is 2.22. The van der Waals surface area contributed by atoms with Crippen LogP contribution in [0.25, 0.3) is 16.9 Å². The van der Waals surface area contributed by atoms with Crippen LogP contribution in [0, 0.1) is 6.92 Å². The summed E-state index contributed by atoms with van der Waals surface area (Å²) in [6.07, 6.45) is 1.41. The summed E-state index contributed by atoms with van der Waals surface area (Å²) in [4.78, 5) is 12.6. The van der Waals surface area contributed by atoms with Crippen LogP contribution in [-0.4, -0.2) is 26.1 Å². The van der Waals surface area contributed by atoms with Crippen LogP contribution in [0.3, 0.4) is 0 Å². The number of benzene rings is 1. The second-order valence-electron chi connectivity index (χ2n) is 4.26. The molecule has 0 unspecified atom stereocenters. The van der Waals surface area contributed by atoms with E-state index in [-0.39, 0.29) is 0 Å². The van der Waals surface area contributed by atoms with Gasteiger partial charge in [0, 0.05) is 6.07 Å². The minimum absolute atomic E-state index is 0.386. The van der Waals surface area contributed by atoms with E-state index in [1.54, 1.807) is 0 Å². The third-order valence-corrected chi connectivity index (χ3v) is 3.24. The second kappa shape index (κ2) is 5.09. The normalized spacial score (nSPS) is 10.9. The lowest BCUT2D eigenvalue weighted by molar-refractivity contribution is 0.340. The maximum atomic E-state index is 6.18. The first-order chi connectivity index (χ1) is 9.70. The zero-order valence-electron chi connectivity index (χ0n) is 11.2.